The molecule has 4 aromatic carbocycles. The molecule has 0 spiro atoms. The molecule has 206 valence electrons. The zero-order chi connectivity index (χ0) is 29.1. The summed E-state index contributed by atoms with van der Waals surface area (Å²) in [5.41, 5.74) is 2.82. The van der Waals surface area contributed by atoms with Gasteiger partial charge in [-0.25, -0.2) is 9.79 Å². The van der Waals surface area contributed by atoms with Crippen LogP contribution in [0.3, 0.4) is 0 Å². The first kappa shape index (κ1) is 27.0. The number of fused-ring (bicyclic) bond motifs is 2. The standard InChI is InChI=1S/C35H26N2O4S/c1-3-21-41-28-20-19-23-13-11-12-18-26(23)27(28)22-29-33(38)37-32(25-16-9-6-10-17-25)30(34(39)40-4-2)31(36-35(37)42-29)24-14-7-5-8-15-24/h1,5-20,22,32H,4,21H2,2H3/t32-/m0/s1. The molecule has 0 saturated carbocycles. The van der Waals surface area contributed by atoms with Crippen LogP contribution in [0.25, 0.3) is 22.5 Å². The van der Waals surface area contributed by atoms with Crippen molar-refractivity contribution < 1.29 is 14.3 Å². The first-order valence-electron chi connectivity index (χ1n) is 13.5. The van der Waals surface area contributed by atoms with E-state index in [-0.39, 0.29) is 18.8 Å². The average molecular weight is 571 g/mol. The predicted molar refractivity (Wildman–Crippen MR) is 166 cm³/mol. The third kappa shape index (κ3) is 4.93. The number of thiazole rings is 1. The van der Waals surface area contributed by atoms with Gasteiger partial charge in [-0.2, -0.15) is 0 Å². The fraction of sp³-hybridized carbons (Fsp3) is 0.114. The molecule has 0 aliphatic carbocycles. The number of esters is 1. The van der Waals surface area contributed by atoms with Gasteiger partial charge in [0.25, 0.3) is 5.56 Å². The fourth-order valence-corrected chi connectivity index (χ4v) is 6.17. The van der Waals surface area contributed by atoms with Crippen LogP contribution in [0.2, 0.25) is 0 Å². The summed E-state index contributed by atoms with van der Waals surface area (Å²) >= 11 is 1.27. The molecule has 0 bridgehead atoms. The smallest absolute Gasteiger partial charge is 0.338 e. The molecule has 0 saturated heterocycles. The quantitative estimate of drug-likeness (QED) is 0.202. The molecule has 0 N–H and O–H groups in total. The minimum Gasteiger partial charge on any atom is -0.480 e. The lowest BCUT2D eigenvalue weighted by molar-refractivity contribution is -0.138. The second-order valence-corrected chi connectivity index (χ2v) is 10.5. The lowest BCUT2D eigenvalue weighted by Gasteiger charge is -2.25. The highest BCUT2D eigenvalue weighted by Crippen LogP contribution is 2.35. The Morgan fingerprint density at radius 1 is 1.00 bits per heavy atom. The lowest BCUT2D eigenvalue weighted by atomic mass is 9.93. The van der Waals surface area contributed by atoms with Gasteiger partial charge in [0.05, 0.1) is 28.5 Å². The molecule has 2 heterocycles. The number of nitrogens with zero attached hydrogens (tertiary/aromatic N) is 2. The van der Waals surface area contributed by atoms with Crippen molar-refractivity contribution in [2.24, 2.45) is 4.99 Å². The minimum absolute atomic E-state index is 0.0950. The van der Waals surface area contributed by atoms with Crippen molar-refractivity contribution in [3.63, 3.8) is 0 Å². The van der Waals surface area contributed by atoms with Crippen LogP contribution in [0.5, 0.6) is 5.75 Å². The normalized spacial score (nSPS) is 14.7. The topological polar surface area (TPSA) is 69.9 Å². The molecule has 0 unspecified atom stereocenters. The largest absolute Gasteiger partial charge is 0.480 e. The Morgan fingerprint density at radius 3 is 2.45 bits per heavy atom. The maximum atomic E-state index is 14.3. The van der Waals surface area contributed by atoms with E-state index in [0.29, 0.717) is 26.4 Å². The van der Waals surface area contributed by atoms with Gasteiger partial charge in [-0.3, -0.25) is 9.36 Å². The van der Waals surface area contributed by atoms with Gasteiger partial charge in [-0.15, -0.1) is 6.42 Å². The number of terminal acetylenes is 1. The van der Waals surface area contributed by atoms with Crippen LogP contribution in [0.4, 0.5) is 0 Å². The summed E-state index contributed by atoms with van der Waals surface area (Å²) in [7, 11) is 0. The molecule has 7 heteroatoms. The highest BCUT2D eigenvalue weighted by atomic mass is 32.1. The monoisotopic (exact) mass is 570 g/mol. The van der Waals surface area contributed by atoms with Gasteiger partial charge in [0.1, 0.15) is 12.4 Å². The maximum absolute atomic E-state index is 14.3. The van der Waals surface area contributed by atoms with Crippen molar-refractivity contribution in [3.8, 4) is 18.1 Å². The number of hydrogen-bond acceptors (Lipinski definition) is 6. The number of hydrogen-bond donors (Lipinski definition) is 0. The summed E-state index contributed by atoms with van der Waals surface area (Å²) in [6.45, 7) is 2.05. The molecule has 42 heavy (non-hydrogen) atoms. The Balaban J connectivity index is 1.66. The van der Waals surface area contributed by atoms with E-state index in [1.54, 1.807) is 11.5 Å². The lowest BCUT2D eigenvalue weighted by Crippen LogP contribution is -2.40. The second-order valence-electron chi connectivity index (χ2n) is 9.53. The van der Waals surface area contributed by atoms with Gasteiger partial charge in [0.2, 0.25) is 0 Å². The van der Waals surface area contributed by atoms with Gasteiger partial charge in [-0.1, -0.05) is 108 Å². The molecule has 1 aliphatic heterocycles. The van der Waals surface area contributed by atoms with Crippen molar-refractivity contribution in [1.82, 2.24) is 4.57 Å². The third-order valence-corrected chi connectivity index (χ3v) is 7.99. The van der Waals surface area contributed by atoms with Crippen LogP contribution in [0.15, 0.2) is 112 Å². The third-order valence-electron chi connectivity index (χ3n) is 7.01. The van der Waals surface area contributed by atoms with Crippen molar-refractivity contribution in [3.05, 3.63) is 139 Å². The predicted octanol–water partition coefficient (Wildman–Crippen LogP) is 5.10. The highest BCUT2D eigenvalue weighted by Gasteiger charge is 2.35. The van der Waals surface area contributed by atoms with Crippen LogP contribution in [0, 0.1) is 12.3 Å². The van der Waals surface area contributed by atoms with E-state index < -0.39 is 12.0 Å². The number of aromatic nitrogens is 1. The van der Waals surface area contributed by atoms with Crippen LogP contribution in [0.1, 0.15) is 29.7 Å². The molecule has 0 fully saturated rings. The SMILES string of the molecule is C#CCOc1ccc2ccccc2c1C=c1sc2n(c1=O)[C@@H](c1ccccc1)C(C(=O)OCC)=C(c1ccccc1)N=2. The molecule has 1 atom stereocenters. The number of benzene rings is 4. The summed E-state index contributed by atoms with van der Waals surface area (Å²) in [6, 6.07) is 30.0. The Labute approximate surface area is 246 Å². The van der Waals surface area contributed by atoms with Crippen LogP contribution >= 0.6 is 11.3 Å². The molecular formula is C35H26N2O4S. The molecule has 6 nitrogen and oxygen atoms in total. The van der Waals surface area contributed by atoms with Crippen molar-refractivity contribution >= 4 is 39.9 Å². The molecular weight excluding hydrogens is 544 g/mol. The molecule has 6 rings (SSSR count). The van der Waals surface area contributed by atoms with E-state index in [4.69, 9.17) is 20.9 Å². The maximum Gasteiger partial charge on any atom is 0.338 e. The fourth-order valence-electron chi connectivity index (χ4n) is 5.19. The zero-order valence-electron chi connectivity index (χ0n) is 22.8. The summed E-state index contributed by atoms with van der Waals surface area (Å²) in [4.78, 5) is 33.3. The average Bonchev–Trinajstić information content (AvgIpc) is 3.35. The first-order chi connectivity index (χ1) is 20.6. The van der Waals surface area contributed by atoms with Crippen LogP contribution < -0.4 is 19.6 Å². The molecule has 5 aromatic rings. The molecule has 0 amide bonds. The Morgan fingerprint density at radius 2 is 1.71 bits per heavy atom. The van der Waals surface area contributed by atoms with Gasteiger partial charge in [-0.05, 0) is 35.4 Å². The number of carbonyl (C=O) groups is 1. The van der Waals surface area contributed by atoms with Crippen molar-refractivity contribution in [1.29, 1.82) is 0 Å². The highest BCUT2D eigenvalue weighted by molar-refractivity contribution is 7.07. The van der Waals surface area contributed by atoms with Crippen LogP contribution in [-0.2, 0) is 9.53 Å². The number of carbonyl (C=O) groups excluding carboxylic acids is 1. The van der Waals surface area contributed by atoms with Crippen molar-refractivity contribution in [2.45, 2.75) is 13.0 Å². The Bertz CT molecular complexity index is 2050. The van der Waals surface area contributed by atoms with Crippen LogP contribution in [-0.4, -0.2) is 23.8 Å². The molecule has 1 aromatic heterocycles. The summed E-state index contributed by atoms with van der Waals surface area (Å²) in [5.74, 6) is 2.58. The van der Waals surface area contributed by atoms with E-state index in [1.807, 2.05) is 103 Å². The number of ether oxygens (including phenoxy) is 2. The Kier molecular flexibility index (Phi) is 7.54. The van der Waals surface area contributed by atoms with Gasteiger partial charge < -0.3 is 9.47 Å². The summed E-state index contributed by atoms with van der Waals surface area (Å²) in [5, 5.41) is 1.93. The van der Waals surface area contributed by atoms with Gasteiger partial charge >= 0.3 is 5.97 Å². The van der Waals surface area contributed by atoms with E-state index in [9.17, 15) is 9.59 Å². The summed E-state index contributed by atoms with van der Waals surface area (Å²) < 4.78 is 13.5. The van der Waals surface area contributed by atoms with E-state index in [1.165, 1.54) is 11.3 Å². The summed E-state index contributed by atoms with van der Waals surface area (Å²) in [6.07, 6.45) is 7.31. The molecule has 0 radical (unpaired) electrons. The second kappa shape index (κ2) is 11.7. The Hall–Kier alpha value is -5.19. The van der Waals surface area contributed by atoms with Gasteiger partial charge in [0.15, 0.2) is 4.80 Å². The van der Waals surface area contributed by atoms with E-state index >= 15 is 0 Å². The first-order valence-corrected chi connectivity index (χ1v) is 14.3. The van der Waals surface area contributed by atoms with Gasteiger partial charge in [0, 0.05) is 11.1 Å². The van der Waals surface area contributed by atoms with Crippen molar-refractivity contribution in [2.75, 3.05) is 13.2 Å². The number of rotatable bonds is 7. The zero-order valence-corrected chi connectivity index (χ0v) is 23.6. The van der Waals surface area contributed by atoms with E-state index in [0.717, 1.165) is 27.5 Å². The minimum atomic E-state index is -0.733. The van der Waals surface area contributed by atoms with E-state index in [2.05, 4.69) is 5.92 Å². The molecule has 1 aliphatic rings.